The van der Waals surface area contributed by atoms with E-state index in [0.717, 1.165) is 6.07 Å². The maximum Gasteiger partial charge on any atom is 0.338 e. The van der Waals surface area contributed by atoms with Gasteiger partial charge in [0.15, 0.2) is 11.6 Å². The van der Waals surface area contributed by atoms with Crippen LogP contribution in [0.15, 0.2) is 12.3 Å². The highest BCUT2D eigenvalue weighted by Gasteiger charge is 2.40. The molecule has 0 aromatic carbocycles. The molecule has 1 saturated heterocycles. The van der Waals surface area contributed by atoms with E-state index in [1.165, 1.54) is 11.1 Å². The lowest BCUT2D eigenvalue weighted by Gasteiger charge is -2.42. The molecule has 0 unspecified atom stereocenters. The van der Waals surface area contributed by atoms with Gasteiger partial charge in [-0.25, -0.2) is 14.2 Å². The Labute approximate surface area is 109 Å². The van der Waals surface area contributed by atoms with Gasteiger partial charge < -0.3 is 15.3 Å². The smallest absolute Gasteiger partial charge is 0.338 e. The number of piperazine rings is 1. The Morgan fingerprint density at radius 3 is 2.89 bits per heavy atom. The van der Waals surface area contributed by atoms with Gasteiger partial charge in [0.1, 0.15) is 11.1 Å². The van der Waals surface area contributed by atoms with E-state index < -0.39 is 22.9 Å². The molecule has 6 nitrogen and oxygen atoms in total. The van der Waals surface area contributed by atoms with E-state index in [4.69, 9.17) is 5.11 Å². The molecule has 1 fully saturated rings. The Balaban J connectivity index is 2.50. The third-order valence-corrected chi connectivity index (χ3v) is 3.21. The minimum Gasteiger partial charge on any atom is -0.478 e. The molecule has 2 N–H and O–H groups in total. The molecule has 1 amide bonds. The largest absolute Gasteiger partial charge is 0.478 e. The molecule has 0 atom stereocenters. The average Bonchev–Trinajstić information content (AvgIpc) is 2.33. The van der Waals surface area contributed by atoms with Gasteiger partial charge in [-0.15, -0.1) is 0 Å². The van der Waals surface area contributed by atoms with E-state index in [1.54, 1.807) is 13.8 Å². The van der Waals surface area contributed by atoms with Crippen LogP contribution in [0.3, 0.4) is 0 Å². The zero-order chi connectivity index (χ0) is 14.2. The van der Waals surface area contributed by atoms with Gasteiger partial charge in [0.25, 0.3) is 0 Å². The van der Waals surface area contributed by atoms with E-state index in [-0.39, 0.29) is 11.7 Å². The molecular weight excluding hydrogens is 253 g/mol. The highest BCUT2D eigenvalue weighted by molar-refractivity contribution is 5.92. The maximum atomic E-state index is 14.2. The highest BCUT2D eigenvalue weighted by atomic mass is 19.1. The van der Waals surface area contributed by atoms with Gasteiger partial charge >= 0.3 is 5.97 Å². The van der Waals surface area contributed by atoms with E-state index in [1.807, 2.05) is 0 Å². The third-order valence-electron chi connectivity index (χ3n) is 3.21. The van der Waals surface area contributed by atoms with Gasteiger partial charge in [-0.1, -0.05) is 0 Å². The summed E-state index contributed by atoms with van der Waals surface area (Å²) in [6.07, 6.45) is 1.23. The normalized spacial score (nSPS) is 18.1. The molecule has 2 heterocycles. The zero-order valence-electron chi connectivity index (χ0n) is 10.6. The first-order valence-electron chi connectivity index (χ1n) is 5.79. The summed E-state index contributed by atoms with van der Waals surface area (Å²) in [6, 6.07) is 1.10. The van der Waals surface area contributed by atoms with Crippen LogP contribution in [0.2, 0.25) is 0 Å². The molecule has 19 heavy (non-hydrogen) atoms. The standard InChI is InChI=1S/C12H14FN3O3/c1-12(2)11(19)15-5-6-16(12)9-8(13)7(10(17)18)3-4-14-9/h3-4H,5-6H2,1-2H3,(H,15,19)(H,17,18). The molecule has 1 aromatic rings. The molecule has 1 aliphatic rings. The molecule has 1 aromatic heterocycles. The molecule has 102 valence electrons. The van der Waals surface area contributed by atoms with Crippen molar-refractivity contribution >= 4 is 17.7 Å². The topological polar surface area (TPSA) is 82.5 Å². The van der Waals surface area contributed by atoms with Gasteiger partial charge in [0.2, 0.25) is 5.91 Å². The second-order valence-electron chi connectivity index (χ2n) is 4.77. The lowest BCUT2D eigenvalue weighted by atomic mass is 9.98. The number of halogens is 1. The van der Waals surface area contributed by atoms with Crippen molar-refractivity contribution in [3.63, 3.8) is 0 Å². The third kappa shape index (κ3) is 2.11. The molecule has 2 rings (SSSR count). The second-order valence-corrected chi connectivity index (χ2v) is 4.77. The summed E-state index contributed by atoms with van der Waals surface area (Å²) in [4.78, 5) is 28.1. The van der Waals surface area contributed by atoms with Crippen LogP contribution in [0.5, 0.6) is 0 Å². The van der Waals surface area contributed by atoms with Crippen LogP contribution in [0.4, 0.5) is 10.2 Å². The second kappa shape index (κ2) is 4.49. The van der Waals surface area contributed by atoms with Gasteiger partial charge in [0.05, 0.1) is 0 Å². The van der Waals surface area contributed by atoms with Crippen molar-refractivity contribution in [3.05, 3.63) is 23.6 Å². The number of aromatic carboxylic acids is 1. The number of hydrogen-bond acceptors (Lipinski definition) is 4. The maximum absolute atomic E-state index is 14.2. The van der Waals surface area contributed by atoms with Gasteiger partial charge in [-0.05, 0) is 19.9 Å². The summed E-state index contributed by atoms with van der Waals surface area (Å²) in [5.74, 6) is -2.64. The van der Waals surface area contributed by atoms with E-state index in [9.17, 15) is 14.0 Å². The monoisotopic (exact) mass is 267 g/mol. The number of carbonyl (C=O) groups is 2. The number of aromatic nitrogens is 1. The Hall–Kier alpha value is -2.18. The minimum atomic E-state index is -1.36. The average molecular weight is 267 g/mol. The van der Waals surface area contributed by atoms with Crippen LogP contribution in [0, 0.1) is 5.82 Å². The number of amides is 1. The molecule has 0 radical (unpaired) electrons. The molecule has 0 aliphatic carbocycles. The molecule has 0 spiro atoms. The quantitative estimate of drug-likeness (QED) is 0.821. The molecule has 7 heteroatoms. The zero-order valence-corrected chi connectivity index (χ0v) is 10.6. The van der Waals surface area contributed by atoms with Crippen LogP contribution >= 0.6 is 0 Å². The predicted molar refractivity (Wildman–Crippen MR) is 65.6 cm³/mol. The van der Waals surface area contributed by atoms with Crippen molar-refractivity contribution in [1.82, 2.24) is 10.3 Å². The summed E-state index contributed by atoms with van der Waals surface area (Å²) < 4.78 is 14.2. The predicted octanol–water partition coefficient (Wildman–Crippen LogP) is 0.634. The van der Waals surface area contributed by atoms with Gasteiger partial charge in [-0.3, -0.25) is 4.79 Å². The summed E-state index contributed by atoms with van der Waals surface area (Å²) in [6.45, 7) is 4.00. The first kappa shape index (κ1) is 13.3. The molecule has 0 saturated carbocycles. The first-order valence-corrected chi connectivity index (χ1v) is 5.79. The van der Waals surface area contributed by atoms with Crippen LogP contribution in [0.25, 0.3) is 0 Å². The lowest BCUT2D eigenvalue weighted by Crippen LogP contribution is -2.62. The molecular formula is C12H14FN3O3. The van der Waals surface area contributed by atoms with Crippen molar-refractivity contribution in [2.45, 2.75) is 19.4 Å². The Morgan fingerprint density at radius 2 is 2.26 bits per heavy atom. The fourth-order valence-corrected chi connectivity index (χ4v) is 2.06. The highest BCUT2D eigenvalue weighted by Crippen LogP contribution is 2.28. The number of rotatable bonds is 2. The number of carbonyl (C=O) groups excluding carboxylic acids is 1. The number of hydrogen-bond donors (Lipinski definition) is 2. The van der Waals surface area contributed by atoms with E-state index in [0.29, 0.717) is 13.1 Å². The van der Waals surface area contributed by atoms with Crippen LogP contribution in [0.1, 0.15) is 24.2 Å². The number of nitrogens with one attached hydrogen (secondary N) is 1. The van der Waals surface area contributed by atoms with E-state index >= 15 is 0 Å². The number of carboxylic acid groups (broad SMARTS) is 1. The van der Waals surface area contributed by atoms with E-state index in [2.05, 4.69) is 10.3 Å². The van der Waals surface area contributed by atoms with Crippen molar-refractivity contribution in [2.24, 2.45) is 0 Å². The first-order chi connectivity index (χ1) is 8.85. The van der Waals surface area contributed by atoms with Crippen LogP contribution in [-0.4, -0.2) is 40.6 Å². The van der Waals surface area contributed by atoms with Crippen LogP contribution in [-0.2, 0) is 4.79 Å². The number of nitrogens with zero attached hydrogens (tertiary/aromatic N) is 2. The number of anilines is 1. The van der Waals surface area contributed by atoms with Gasteiger partial charge in [0, 0.05) is 19.3 Å². The molecule has 0 bridgehead atoms. The summed E-state index contributed by atoms with van der Waals surface area (Å²) >= 11 is 0. The lowest BCUT2D eigenvalue weighted by molar-refractivity contribution is -0.126. The minimum absolute atomic E-state index is 0.111. The van der Waals surface area contributed by atoms with Crippen LogP contribution < -0.4 is 10.2 Å². The SMILES string of the molecule is CC1(C)C(=O)NCCN1c1nccc(C(=O)O)c1F. The van der Waals surface area contributed by atoms with Crippen molar-refractivity contribution in [3.8, 4) is 0 Å². The number of pyridine rings is 1. The van der Waals surface area contributed by atoms with Crippen molar-refractivity contribution in [1.29, 1.82) is 0 Å². The van der Waals surface area contributed by atoms with Gasteiger partial charge in [-0.2, -0.15) is 0 Å². The fourth-order valence-electron chi connectivity index (χ4n) is 2.06. The Kier molecular flexibility index (Phi) is 3.13. The fraction of sp³-hybridized carbons (Fsp3) is 0.417. The summed E-state index contributed by atoms with van der Waals surface area (Å²) in [5, 5.41) is 11.6. The summed E-state index contributed by atoms with van der Waals surface area (Å²) in [7, 11) is 0. The van der Waals surface area contributed by atoms with Crippen molar-refractivity contribution in [2.75, 3.05) is 18.0 Å². The Bertz CT molecular complexity index is 545. The summed E-state index contributed by atoms with van der Waals surface area (Å²) in [5.41, 5.74) is -1.43. The van der Waals surface area contributed by atoms with Crippen molar-refractivity contribution < 1.29 is 19.1 Å². The number of carboxylic acids is 1. The Morgan fingerprint density at radius 1 is 1.58 bits per heavy atom. The molecule has 1 aliphatic heterocycles.